The van der Waals surface area contributed by atoms with E-state index in [0.717, 1.165) is 23.4 Å². The molecule has 1 aromatic carbocycles. The quantitative estimate of drug-likeness (QED) is 0.619. The van der Waals surface area contributed by atoms with Gasteiger partial charge < -0.3 is 5.32 Å². The summed E-state index contributed by atoms with van der Waals surface area (Å²) >= 11 is 0. The molecule has 29 heavy (non-hydrogen) atoms. The van der Waals surface area contributed by atoms with Gasteiger partial charge in [0.15, 0.2) is 0 Å². The second-order valence-electron chi connectivity index (χ2n) is 9.72. The van der Waals surface area contributed by atoms with Crippen molar-refractivity contribution >= 4 is 11.7 Å². The van der Waals surface area contributed by atoms with Crippen LogP contribution >= 0.6 is 0 Å². The van der Waals surface area contributed by atoms with Crippen LogP contribution in [0, 0.1) is 37.0 Å². The number of aromatic nitrogens is 2. The lowest BCUT2D eigenvalue weighted by molar-refractivity contribution is -0.119. The molecule has 0 spiro atoms. The van der Waals surface area contributed by atoms with Crippen LogP contribution in [0.2, 0.25) is 0 Å². The highest BCUT2D eigenvalue weighted by Crippen LogP contribution is 2.59. The van der Waals surface area contributed by atoms with Gasteiger partial charge in [-0.15, -0.1) is 0 Å². The summed E-state index contributed by atoms with van der Waals surface area (Å²) < 4.78 is 1.74. The topological polar surface area (TPSA) is 64.0 Å². The van der Waals surface area contributed by atoms with Crippen molar-refractivity contribution in [2.45, 2.75) is 52.4 Å². The molecule has 1 aromatic heterocycles. The van der Waals surface area contributed by atoms with Crippen molar-refractivity contribution in [2.24, 2.45) is 23.2 Å². The molecule has 0 unspecified atom stereocenters. The van der Waals surface area contributed by atoms with E-state index >= 15 is 0 Å². The highest BCUT2D eigenvalue weighted by Gasteiger charge is 2.50. The number of para-hydroxylation sites is 1. The molecule has 0 radical (unpaired) electrons. The van der Waals surface area contributed by atoms with Crippen molar-refractivity contribution in [1.29, 1.82) is 0 Å². The van der Waals surface area contributed by atoms with Gasteiger partial charge in [0.05, 0.1) is 22.6 Å². The van der Waals surface area contributed by atoms with Crippen LogP contribution in [0.4, 0.5) is 0 Å². The number of Topliss-reactive ketones (excluding diaryl/α,β-unsaturated/α-hetero) is 1. The van der Waals surface area contributed by atoms with Gasteiger partial charge in [-0.25, -0.2) is 4.68 Å². The van der Waals surface area contributed by atoms with Crippen molar-refractivity contribution in [2.75, 3.05) is 6.54 Å². The fraction of sp³-hybridized carbons (Fsp3) is 0.542. The summed E-state index contributed by atoms with van der Waals surface area (Å²) in [6.45, 7) is 4.30. The Balaban J connectivity index is 1.31. The molecule has 4 aliphatic carbocycles. The van der Waals surface area contributed by atoms with Crippen molar-refractivity contribution in [1.82, 2.24) is 15.1 Å². The molecule has 0 aliphatic heterocycles. The van der Waals surface area contributed by atoms with Gasteiger partial charge in [-0.3, -0.25) is 9.59 Å². The maximum Gasteiger partial charge on any atom is 0.292 e. The predicted octanol–water partition coefficient (Wildman–Crippen LogP) is 4.00. The minimum Gasteiger partial charge on any atom is -0.349 e. The van der Waals surface area contributed by atoms with E-state index in [2.05, 4.69) is 10.4 Å². The molecule has 4 aliphatic rings. The third kappa shape index (κ3) is 3.21. The van der Waals surface area contributed by atoms with E-state index in [-0.39, 0.29) is 5.41 Å². The van der Waals surface area contributed by atoms with Crippen LogP contribution in [-0.4, -0.2) is 28.0 Å². The van der Waals surface area contributed by atoms with Crippen LogP contribution in [0.1, 0.15) is 60.3 Å². The zero-order chi connectivity index (χ0) is 20.2. The first kappa shape index (κ1) is 18.6. The Morgan fingerprint density at radius 3 is 2.21 bits per heavy atom. The summed E-state index contributed by atoms with van der Waals surface area (Å²) in [5.41, 5.74) is 2.85. The smallest absolute Gasteiger partial charge is 0.292 e. The van der Waals surface area contributed by atoms with E-state index in [1.54, 1.807) is 11.6 Å². The molecule has 4 fully saturated rings. The molecule has 152 valence electrons. The van der Waals surface area contributed by atoms with Gasteiger partial charge in [0.2, 0.25) is 0 Å². The van der Waals surface area contributed by atoms with Gasteiger partial charge in [-0.1, -0.05) is 18.2 Å². The molecule has 1 amide bonds. The lowest BCUT2D eigenvalue weighted by atomic mass is 9.49. The molecule has 4 bridgehead atoms. The molecule has 0 saturated heterocycles. The lowest BCUT2D eigenvalue weighted by Gasteiger charge is -2.56. The van der Waals surface area contributed by atoms with E-state index in [4.69, 9.17) is 0 Å². The van der Waals surface area contributed by atoms with Crippen LogP contribution < -0.4 is 5.32 Å². The van der Waals surface area contributed by atoms with Crippen molar-refractivity contribution in [3.63, 3.8) is 0 Å². The lowest BCUT2D eigenvalue weighted by Crippen LogP contribution is -2.51. The van der Waals surface area contributed by atoms with Gasteiger partial charge >= 0.3 is 0 Å². The highest BCUT2D eigenvalue weighted by molar-refractivity contribution is 6.43. The second-order valence-corrected chi connectivity index (χ2v) is 9.72. The number of hydrogen-bond donors (Lipinski definition) is 1. The molecule has 5 nitrogen and oxygen atoms in total. The van der Waals surface area contributed by atoms with Crippen LogP contribution in [0.3, 0.4) is 0 Å². The van der Waals surface area contributed by atoms with E-state index in [0.29, 0.717) is 23.5 Å². The Labute approximate surface area is 171 Å². The van der Waals surface area contributed by atoms with Gasteiger partial charge in [0.25, 0.3) is 11.7 Å². The first-order valence-electron chi connectivity index (χ1n) is 10.9. The third-order valence-electron chi connectivity index (χ3n) is 7.51. The zero-order valence-corrected chi connectivity index (χ0v) is 17.3. The number of carbonyl (C=O) groups excluding carboxylic acids is 2. The summed E-state index contributed by atoms with van der Waals surface area (Å²) in [5.74, 6) is 1.55. The monoisotopic (exact) mass is 391 g/mol. The molecule has 4 saturated carbocycles. The van der Waals surface area contributed by atoms with E-state index in [1.165, 1.54) is 38.5 Å². The number of rotatable bonds is 5. The summed E-state index contributed by atoms with van der Waals surface area (Å²) in [6, 6.07) is 9.71. The largest absolute Gasteiger partial charge is 0.349 e. The number of benzene rings is 1. The number of aryl methyl sites for hydroxylation is 1. The maximum atomic E-state index is 13.0. The van der Waals surface area contributed by atoms with Crippen LogP contribution in [-0.2, 0) is 4.79 Å². The molecular formula is C24H29N3O2. The van der Waals surface area contributed by atoms with Crippen molar-refractivity contribution in [3.05, 3.63) is 47.3 Å². The number of hydrogen-bond acceptors (Lipinski definition) is 3. The third-order valence-corrected chi connectivity index (χ3v) is 7.51. The average Bonchev–Trinajstić information content (AvgIpc) is 2.99. The summed E-state index contributed by atoms with van der Waals surface area (Å²) in [7, 11) is 0. The highest BCUT2D eigenvalue weighted by atomic mass is 16.2. The number of amides is 1. The minimum atomic E-state index is -0.487. The Hall–Kier alpha value is -2.43. The standard InChI is InChI=1S/C24H29N3O2/c1-15-21(16(2)27(26-15)20-6-4-3-5-7-20)22(28)23(29)25-14-24-11-17-8-18(12-24)10-19(9-17)13-24/h3-7,17-19H,8-14H2,1-2H3,(H,25,29). The molecule has 1 heterocycles. The Morgan fingerprint density at radius 1 is 1.03 bits per heavy atom. The van der Waals surface area contributed by atoms with E-state index < -0.39 is 11.7 Å². The molecule has 6 rings (SSSR count). The molecule has 1 N–H and O–H groups in total. The first-order chi connectivity index (χ1) is 13.9. The summed E-state index contributed by atoms with van der Waals surface area (Å²) in [6.07, 6.45) is 7.79. The number of carbonyl (C=O) groups is 2. The molecule has 5 heteroatoms. The first-order valence-corrected chi connectivity index (χ1v) is 10.9. The SMILES string of the molecule is Cc1nn(-c2ccccc2)c(C)c1C(=O)C(=O)NCC12CC3CC(CC(C3)C1)C2. The molecule has 0 atom stereocenters. The molecule has 2 aromatic rings. The zero-order valence-electron chi connectivity index (χ0n) is 17.3. The van der Waals surface area contributed by atoms with Crippen LogP contribution in [0.25, 0.3) is 5.69 Å². The Kier molecular flexibility index (Phi) is 4.37. The number of nitrogens with one attached hydrogen (secondary N) is 1. The fourth-order valence-corrected chi connectivity index (χ4v) is 6.76. The van der Waals surface area contributed by atoms with E-state index in [9.17, 15) is 9.59 Å². The van der Waals surface area contributed by atoms with Gasteiger partial charge in [0, 0.05) is 6.54 Å². The summed E-state index contributed by atoms with van der Waals surface area (Å²) in [5, 5.41) is 7.53. The number of nitrogens with zero attached hydrogens (tertiary/aromatic N) is 2. The van der Waals surface area contributed by atoms with Crippen molar-refractivity contribution in [3.8, 4) is 5.69 Å². The van der Waals surface area contributed by atoms with Gasteiger partial charge in [-0.05, 0) is 87.7 Å². The minimum absolute atomic E-state index is 0.225. The maximum absolute atomic E-state index is 13.0. The van der Waals surface area contributed by atoms with Gasteiger partial charge in [-0.2, -0.15) is 5.10 Å². The van der Waals surface area contributed by atoms with Crippen LogP contribution in [0.15, 0.2) is 30.3 Å². The average molecular weight is 392 g/mol. The Bertz CT molecular complexity index is 925. The molecular weight excluding hydrogens is 362 g/mol. The predicted molar refractivity (Wildman–Crippen MR) is 111 cm³/mol. The fourth-order valence-electron chi connectivity index (χ4n) is 6.76. The van der Waals surface area contributed by atoms with Crippen LogP contribution in [0.5, 0.6) is 0 Å². The normalized spacial score (nSPS) is 29.8. The second kappa shape index (κ2) is 6.82. The number of ketones is 1. The summed E-state index contributed by atoms with van der Waals surface area (Å²) in [4.78, 5) is 25.8. The van der Waals surface area contributed by atoms with E-state index in [1.807, 2.05) is 37.3 Å². The van der Waals surface area contributed by atoms with Crippen molar-refractivity contribution < 1.29 is 9.59 Å². The Morgan fingerprint density at radius 2 is 1.62 bits per heavy atom. The van der Waals surface area contributed by atoms with Gasteiger partial charge in [0.1, 0.15) is 0 Å².